The molecular formula is C15H17NO5. The molecule has 6 heteroatoms. The van der Waals surface area contributed by atoms with Crippen LogP contribution in [0.15, 0.2) is 18.2 Å². The summed E-state index contributed by atoms with van der Waals surface area (Å²) in [5.41, 5.74) is 0.450. The van der Waals surface area contributed by atoms with E-state index < -0.39 is 17.5 Å². The molecule has 0 aromatic heterocycles. The molecular weight excluding hydrogens is 274 g/mol. The highest BCUT2D eigenvalue weighted by Gasteiger charge is 2.55. The van der Waals surface area contributed by atoms with Crippen molar-refractivity contribution in [2.75, 3.05) is 19.1 Å². The Morgan fingerprint density at radius 3 is 2.57 bits per heavy atom. The molecule has 1 N–H and O–H groups in total. The maximum absolute atomic E-state index is 12.0. The number of esters is 1. The van der Waals surface area contributed by atoms with Gasteiger partial charge in [0.1, 0.15) is 5.78 Å². The van der Waals surface area contributed by atoms with Crippen molar-refractivity contribution in [1.29, 1.82) is 0 Å². The number of aliphatic carboxylic acids is 1. The molecule has 1 aliphatic rings. The van der Waals surface area contributed by atoms with Crippen LogP contribution in [0.2, 0.25) is 0 Å². The van der Waals surface area contributed by atoms with Crippen molar-refractivity contribution in [3.05, 3.63) is 29.3 Å². The van der Waals surface area contributed by atoms with Gasteiger partial charge in [0.2, 0.25) is 5.54 Å². The molecule has 0 bridgehead atoms. The third-order valence-electron chi connectivity index (χ3n) is 3.85. The summed E-state index contributed by atoms with van der Waals surface area (Å²) in [5.74, 6) is -2.03. The molecule has 1 aromatic carbocycles. The smallest absolute Gasteiger partial charge is 0.343 e. The molecule has 0 saturated heterocycles. The Bertz CT molecular complexity index is 624. The van der Waals surface area contributed by atoms with Crippen LogP contribution in [0.3, 0.4) is 0 Å². The summed E-state index contributed by atoms with van der Waals surface area (Å²) in [5, 5.41) is 9.53. The van der Waals surface area contributed by atoms with Gasteiger partial charge in [-0.15, -0.1) is 0 Å². The average molecular weight is 291 g/mol. The Morgan fingerprint density at radius 1 is 1.38 bits per heavy atom. The number of nitrogens with zero attached hydrogens (tertiary/aromatic N) is 1. The Labute approximate surface area is 122 Å². The number of carbonyl (C=O) groups is 3. The number of likely N-dealkylation sites (N-methyl/N-ethyl adjacent to an activating group) is 1. The van der Waals surface area contributed by atoms with Crippen LogP contribution in [0.25, 0.3) is 0 Å². The maximum Gasteiger partial charge on any atom is 0.343 e. The van der Waals surface area contributed by atoms with Crippen LogP contribution in [0, 0.1) is 0 Å². The van der Waals surface area contributed by atoms with E-state index in [4.69, 9.17) is 0 Å². The molecule has 6 nitrogen and oxygen atoms in total. The molecule has 2 rings (SSSR count). The number of carbonyl (C=O) groups excluding carboxylic acids is 2. The summed E-state index contributed by atoms with van der Waals surface area (Å²) in [6, 6.07) is 5.29. The minimum absolute atomic E-state index is 0.0204. The van der Waals surface area contributed by atoms with Gasteiger partial charge in [-0.05, 0) is 24.1 Å². The number of rotatable bonds is 4. The van der Waals surface area contributed by atoms with E-state index in [0.717, 1.165) is 11.1 Å². The highest BCUT2D eigenvalue weighted by molar-refractivity contribution is 6.09. The molecule has 0 spiro atoms. The number of ketones is 1. The van der Waals surface area contributed by atoms with Crippen molar-refractivity contribution >= 4 is 23.4 Å². The number of ether oxygens (including phenoxy) is 1. The van der Waals surface area contributed by atoms with Crippen LogP contribution in [0.5, 0.6) is 0 Å². The molecule has 1 heterocycles. The van der Waals surface area contributed by atoms with E-state index in [1.54, 1.807) is 25.2 Å². The number of methoxy groups -OCH3 is 1. The second kappa shape index (κ2) is 5.20. The van der Waals surface area contributed by atoms with E-state index in [-0.39, 0.29) is 18.6 Å². The predicted octanol–water partition coefficient (Wildman–Crippen LogP) is 0.807. The first kappa shape index (κ1) is 15.0. The fraction of sp³-hybridized carbons (Fsp3) is 0.400. The number of Topliss-reactive ketones (excluding diaryl/α,β-unsaturated/α-hetero) is 1. The number of benzene rings is 1. The van der Waals surface area contributed by atoms with E-state index in [2.05, 4.69) is 4.74 Å². The SMILES string of the molecule is COC(=O)C1(C(=O)O)Cc2cc(CC(C)=O)ccc2N1C. The zero-order valence-electron chi connectivity index (χ0n) is 12.2. The fourth-order valence-electron chi connectivity index (χ4n) is 2.79. The van der Waals surface area contributed by atoms with Crippen molar-refractivity contribution in [3.63, 3.8) is 0 Å². The molecule has 21 heavy (non-hydrogen) atoms. The van der Waals surface area contributed by atoms with Crippen LogP contribution in [0.4, 0.5) is 5.69 Å². The third-order valence-corrected chi connectivity index (χ3v) is 3.85. The maximum atomic E-state index is 12.0. The van der Waals surface area contributed by atoms with Crippen molar-refractivity contribution in [1.82, 2.24) is 0 Å². The second-order valence-corrected chi connectivity index (χ2v) is 5.23. The first-order valence-corrected chi connectivity index (χ1v) is 6.50. The Kier molecular flexibility index (Phi) is 3.72. The highest BCUT2D eigenvalue weighted by atomic mass is 16.5. The van der Waals surface area contributed by atoms with Gasteiger partial charge in [0.25, 0.3) is 0 Å². The van der Waals surface area contributed by atoms with Crippen LogP contribution in [-0.2, 0) is 32.0 Å². The molecule has 0 amide bonds. The highest BCUT2D eigenvalue weighted by Crippen LogP contribution is 2.39. The van der Waals surface area contributed by atoms with Gasteiger partial charge < -0.3 is 14.7 Å². The molecule has 0 radical (unpaired) electrons. The van der Waals surface area contributed by atoms with Crippen molar-refractivity contribution in [2.24, 2.45) is 0 Å². The standard InChI is InChI=1S/C15H17NO5/c1-9(17)6-10-4-5-12-11(7-10)8-15(13(18)19,16(12)2)14(20)21-3/h4-5,7H,6,8H2,1-3H3,(H,18,19). The third kappa shape index (κ3) is 2.26. The van der Waals surface area contributed by atoms with Gasteiger partial charge in [-0.25, -0.2) is 9.59 Å². The Morgan fingerprint density at radius 2 is 2.05 bits per heavy atom. The Balaban J connectivity index is 2.47. The number of carboxylic acid groups (broad SMARTS) is 1. The first-order chi connectivity index (χ1) is 9.82. The van der Waals surface area contributed by atoms with Crippen molar-refractivity contribution in [2.45, 2.75) is 25.3 Å². The zero-order valence-corrected chi connectivity index (χ0v) is 12.2. The Hall–Kier alpha value is -2.37. The fourth-order valence-corrected chi connectivity index (χ4v) is 2.79. The van der Waals surface area contributed by atoms with Gasteiger partial charge in [0.15, 0.2) is 0 Å². The number of hydrogen-bond donors (Lipinski definition) is 1. The van der Waals surface area contributed by atoms with E-state index in [0.29, 0.717) is 5.69 Å². The van der Waals surface area contributed by atoms with Crippen LogP contribution in [-0.4, -0.2) is 42.5 Å². The average Bonchev–Trinajstić information content (AvgIpc) is 2.71. The van der Waals surface area contributed by atoms with Crippen LogP contribution in [0.1, 0.15) is 18.1 Å². The van der Waals surface area contributed by atoms with Crippen molar-refractivity contribution < 1.29 is 24.2 Å². The summed E-state index contributed by atoms with van der Waals surface area (Å²) in [6.07, 6.45) is 0.307. The lowest BCUT2D eigenvalue weighted by atomic mass is 9.93. The first-order valence-electron chi connectivity index (χ1n) is 6.50. The van der Waals surface area contributed by atoms with Gasteiger partial charge >= 0.3 is 11.9 Å². The largest absolute Gasteiger partial charge is 0.479 e. The lowest BCUT2D eigenvalue weighted by Gasteiger charge is -2.30. The quantitative estimate of drug-likeness (QED) is 0.653. The molecule has 1 atom stereocenters. The monoisotopic (exact) mass is 291 g/mol. The summed E-state index contributed by atoms with van der Waals surface area (Å²) >= 11 is 0. The number of carboxylic acids is 1. The molecule has 0 fully saturated rings. The second-order valence-electron chi connectivity index (χ2n) is 5.23. The summed E-state index contributed by atoms with van der Waals surface area (Å²) in [7, 11) is 2.73. The number of anilines is 1. The van der Waals surface area contributed by atoms with Gasteiger partial charge in [-0.3, -0.25) is 4.79 Å². The normalized spacial score (nSPS) is 20.0. The molecule has 112 valence electrons. The minimum Gasteiger partial charge on any atom is -0.479 e. The zero-order chi connectivity index (χ0) is 15.8. The lowest BCUT2D eigenvalue weighted by molar-refractivity contribution is -0.158. The molecule has 1 aromatic rings. The number of hydrogen-bond acceptors (Lipinski definition) is 5. The van der Waals surface area contributed by atoms with E-state index in [1.807, 2.05) is 0 Å². The van der Waals surface area contributed by atoms with Gasteiger partial charge in [-0.1, -0.05) is 12.1 Å². The summed E-state index contributed by atoms with van der Waals surface area (Å²) < 4.78 is 4.68. The summed E-state index contributed by atoms with van der Waals surface area (Å²) in [6.45, 7) is 1.50. The number of fused-ring (bicyclic) bond motifs is 1. The van der Waals surface area contributed by atoms with Crippen molar-refractivity contribution in [3.8, 4) is 0 Å². The van der Waals surface area contributed by atoms with Gasteiger partial charge in [-0.2, -0.15) is 0 Å². The molecule has 0 saturated carbocycles. The van der Waals surface area contributed by atoms with E-state index in [9.17, 15) is 19.5 Å². The topological polar surface area (TPSA) is 83.9 Å². The predicted molar refractivity (Wildman–Crippen MR) is 75.3 cm³/mol. The van der Waals surface area contributed by atoms with Gasteiger partial charge in [0, 0.05) is 25.6 Å². The molecule has 0 aliphatic carbocycles. The van der Waals surface area contributed by atoms with Gasteiger partial charge in [0.05, 0.1) is 7.11 Å². The molecule has 1 aliphatic heterocycles. The van der Waals surface area contributed by atoms with Crippen LogP contribution < -0.4 is 4.90 Å². The molecule has 1 unspecified atom stereocenters. The van der Waals surface area contributed by atoms with E-state index >= 15 is 0 Å². The lowest BCUT2D eigenvalue weighted by Crippen LogP contribution is -2.58. The summed E-state index contributed by atoms with van der Waals surface area (Å²) in [4.78, 5) is 36.3. The minimum atomic E-state index is -1.74. The van der Waals surface area contributed by atoms with E-state index in [1.165, 1.54) is 18.9 Å². The van der Waals surface area contributed by atoms with Crippen LogP contribution >= 0.6 is 0 Å².